The first kappa shape index (κ1) is 14.6. The van der Waals surface area contributed by atoms with Gasteiger partial charge >= 0.3 is 0 Å². The first-order chi connectivity index (χ1) is 8.65. The summed E-state index contributed by atoms with van der Waals surface area (Å²) in [7, 11) is 3.76. The molecular weight excluding hydrogens is 232 g/mol. The third kappa shape index (κ3) is 5.26. The van der Waals surface area contributed by atoms with Gasteiger partial charge in [0.05, 0.1) is 6.61 Å². The minimum absolute atomic E-state index is 0.609. The van der Waals surface area contributed by atoms with Crippen molar-refractivity contribution in [2.75, 3.05) is 51.1 Å². The van der Waals surface area contributed by atoms with Crippen LogP contribution in [0.25, 0.3) is 0 Å². The minimum atomic E-state index is 0.609. The predicted octanol–water partition coefficient (Wildman–Crippen LogP) is 0.0607. The van der Waals surface area contributed by atoms with Gasteiger partial charge in [-0.15, -0.1) is 0 Å². The number of nitrogens with zero attached hydrogens (tertiary/aromatic N) is 3. The fourth-order valence-electron chi connectivity index (χ4n) is 1.47. The Kier molecular flexibility index (Phi) is 6.34. The average Bonchev–Trinajstić information content (AvgIpc) is 2.35. The number of nitrogens with one attached hydrogen (secondary N) is 2. The number of methoxy groups -OCH3 is 1. The molecule has 0 saturated heterocycles. The maximum Gasteiger partial charge on any atom is 0.145 e. The molecule has 1 rings (SSSR count). The highest BCUT2D eigenvalue weighted by Crippen LogP contribution is 2.09. The molecule has 0 saturated carbocycles. The first-order valence-electron chi connectivity index (χ1n) is 5.89. The molecule has 18 heavy (non-hydrogen) atoms. The number of nitrogens with two attached hydrogens (primary N) is 1. The van der Waals surface area contributed by atoms with Crippen molar-refractivity contribution in [2.45, 2.75) is 6.92 Å². The highest BCUT2D eigenvalue weighted by Gasteiger charge is 2.01. The standard InChI is InChI=1S/C11H22N6O/c1-9-14-10(8-11(15-9)16-12)13-4-5-17(2)6-7-18-3/h8H,4-7,12H2,1-3H3,(H2,13,14,15,16). The van der Waals surface area contributed by atoms with Crippen molar-refractivity contribution in [3.8, 4) is 0 Å². The second-order valence-corrected chi connectivity index (χ2v) is 4.05. The van der Waals surface area contributed by atoms with E-state index >= 15 is 0 Å². The van der Waals surface area contributed by atoms with Crippen LogP contribution < -0.4 is 16.6 Å². The number of hydrogen-bond donors (Lipinski definition) is 3. The van der Waals surface area contributed by atoms with Crippen LogP contribution >= 0.6 is 0 Å². The minimum Gasteiger partial charge on any atom is -0.383 e. The van der Waals surface area contributed by atoms with Crippen molar-refractivity contribution >= 4 is 11.6 Å². The molecule has 0 radical (unpaired) electrons. The molecule has 1 aromatic rings. The van der Waals surface area contributed by atoms with Crippen LogP contribution in [-0.4, -0.2) is 55.3 Å². The lowest BCUT2D eigenvalue weighted by Gasteiger charge is -2.16. The van der Waals surface area contributed by atoms with Crippen molar-refractivity contribution < 1.29 is 4.74 Å². The van der Waals surface area contributed by atoms with Gasteiger partial charge in [0.1, 0.15) is 17.5 Å². The van der Waals surface area contributed by atoms with Crippen molar-refractivity contribution in [1.29, 1.82) is 0 Å². The zero-order chi connectivity index (χ0) is 13.4. The summed E-state index contributed by atoms with van der Waals surface area (Å²) in [5, 5.41) is 3.24. The van der Waals surface area contributed by atoms with E-state index in [4.69, 9.17) is 10.6 Å². The molecule has 0 unspecified atom stereocenters. The number of ether oxygens (including phenoxy) is 1. The molecule has 0 atom stereocenters. The van der Waals surface area contributed by atoms with Crippen LogP contribution in [-0.2, 0) is 4.74 Å². The van der Waals surface area contributed by atoms with Crippen LogP contribution in [0.4, 0.5) is 11.6 Å². The Hall–Kier alpha value is -1.44. The van der Waals surface area contributed by atoms with Crippen LogP contribution in [0.1, 0.15) is 5.82 Å². The van der Waals surface area contributed by atoms with Gasteiger partial charge in [0.25, 0.3) is 0 Å². The SMILES string of the molecule is COCCN(C)CCNc1cc(NN)nc(C)n1. The summed E-state index contributed by atoms with van der Waals surface area (Å²) in [5.74, 6) is 7.39. The summed E-state index contributed by atoms with van der Waals surface area (Å²) in [6.45, 7) is 5.20. The van der Waals surface area contributed by atoms with Crippen molar-refractivity contribution in [3.63, 3.8) is 0 Å². The van der Waals surface area contributed by atoms with Gasteiger partial charge in [-0.05, 0) is 14.0 Å². The van der Waals surface area contributed by atoms with Gasteiger partial charge in [0, 0.05) is 32.8 Å². The van der Waals surface area contributed by atoms with Crippen LogP contribution in [0, 0.1) is 6.92 Å². The summed E-state index contributed by atoms with van der Waals surface area (Å²) in [6, 6.07) is 1.78. The fourth-order valence-corrected chi connectivity index (χ4v) is 1.47. The zero-order valence-corrected chi connectivity index (χ0v) is 11.2. The Morgan fingerprint density at radius 2 is 2.06 bits per heavy atom. The molecule has 0 aliphatic rings. The molecule has 1 aromatic heterocycles. The maximum absolute atomic E-state index is 5.33. The molecule has 0 aromatic carbocycles. The Labute approximate surface area is 108 Å². The number of hydrazine groups is 1. The topological polar surface area (TPSA) is 88.3 Å². The number of aryl methyl sites for hydroxylation is 1. The maximum atomic E-state index is 5.33. The van der Waals surface area contributed by atoms with Crippen molar-refractivity contribution in [2.24, 2.45) is 5.84 Å². The molecule has 7 heteroatoms. The quantitative estimate of drug-likeness (QED) is 0.446. The molecule has 0 bridgehead atoms. The number of likely N-dealkylation sites (N-methyl/N-ethyl adjacent to an activating group) is 1. The lowest BCUT2D eigenvalue weighted by atomic mass is 10.4. The predicted molar refractivity (Wildman–Crippen MR) is 72.4 cm³/mol. The number of rotatable bonds is 8. The molecule has 0 aliphatic heterocycles. The van der Waals surface area contributed by atoms with Crippen molar-refractivity contribution in [1.82, 2.24) is 14.9 Å². The second-order valence-electron chi connectivity index (χ2n) is 4.05. The summed E-state index contributed by atoms with van der Waals surface area (Å²) >= 11 is 0. The van der Waals surface area contributed by atoms with Gasteiger partial charge in [-0.1, -0.05) is 0 Å². The smallest absolute Gasteiger partial charge is 0.145 e. The monoisotopic (exact) mass is 254 g/mol. The summed E-state index contributed by atoms with van der Waals surface area (Å²) in [6.07, 6.45) is 0. The molecule has 7 nitrogen and oxygen atoms in total. The number of anilines is 2. The molecule has 1 heterocycles. The lowest BCUT2D eigenvalue weighted by molar-refractivity contribution is 0.163. The van der Waals surface area contributed by atoms with E-state index in [-0.39, 0.29) is 0 Å². The zero-order valence-electron chi connectivity index (χ0n) is 11.2. The van der Waals surface area contributed by atoms with E-state index in [0.29, 0.717) is 11.6 Å². The van der Waals surface area contributed by atoms with Gasteiger partial charge in [0.2, 0.25) is 0 Å². The third-order valence-corrected chi connectivity index (χ3v) is 2.46. The highest BCUT2D eigenvalue weighted by molar-refractivity contribution is 5.46. The Morgan fingerprint density at radius 1 is 1.33 bits per heavy atom. The highest BCUT2D eigenvalue weighted by atomic mass is 16.5. The number of nitrogen functional groups attached to an aromatic ring is 1. The Morgan fingerprint density at radius 3 is 2.72 bits per heavy atom. The van der Waals surface area contributed by atoms with Crippen LogP contribution in [0.15, 0.2) is 6.07 Å². The largest absolute Gasteiger partial charge is 0.383 e. The number of aromatic nitrogens is 2. The van der Waals surface area contributed by atoms with E-state index in [9.17, 15) is 0 Å². The van der Waals surface area contributed by atoms with Crippen LogP contribution in [0.5, 0.6) is 0 Å². The lowest BCUT2D eigenvalue weighted by Crippen LogP contribution is -2.28. The molecule has 102 valence electrons. The summed E-state index contributed by atoms with van der Waals surface area (Å²) < 4.78 is 5.02. The van der Waals surface area contributed by atoms with Gasteiger partial charge in [-0.25, -0.2) is 15.8 Å². The van der Waals surface area contributed by atoms with Gasteiger partial charge in [0.15, 0.2) is 0 Å². The van der Waals surface area contributed by atoms with Crippen molar-refractivity contribution in [3.05, 3.63) is 11.9 Å². The van der Waals surface area contributed by atoms with E-state index < -0.39 is 0 Å². The second kappa shape index (κ2) is 7.80. The molecule has 0 aliphatic carbocycles. The first-order valence-corrected chi connectivity index (χ1v) is 5.89. The molecule has 0 amide bonds. The molecule has 0 fully saturated rings. The van der Waals surface area contributed by atoms with E-state index in [2.05, 4.69) is 32.7 Å². The van der Waals surface area contributed by atoms with Gasteiger partial charge < -0.3 is 20.4 Å². The summed E-state index contributed by atoms with van der Waals surface area (Å²) in [5.41, 5.74) is 2.52. The molecule has 4 N–H and O–H groups in total. The number of hydrogen-bond acceptors (Lipinski definition) is 7. The van der Waals surface area contributed by atoms with E-state index in [1.54, 1.807) is 13.2 Å². The van der Waals surface area contributed by atoms with E-state index in [0.717, 1.165) is 32.1 Å². The van der Waals surface area contributed by atoms with E-state index in [1.807, 2.05) is 6.92 Å². The molecule has 0 spiro atoms. The van der Waals surface area contributed by atoms with Gasteiger partial charge in [-0.3, -0.25) is 0 Å². The Balaban J connectivity index is 2.36. The van der Waals surface area contributed by atoms with Gasteiger partial charge in [-0.2, -0.15) is 0 Å². The van der Waals surface area contributed by atoms with E-state index in [1.165, 1.54) is 0 Å². The normalized spacial score (nSPS) is 10.7. The summed E-state index contributed by atoms with van der Waals surface area (Å²) in [4.78, 5) is 10.6. The van der Waals surface area contributed by atoms with Crippen LogP contribution in [0.3, 0.4) is 0 Å². The molecular formula is C11H22N6O. The average molecular weight is 254 g/mol. The third-order valence-electron chi connectivity index (χ3n) is 2.46. The van der Waals surface area contributed by atoms with Crippen LogP contribution in [0.2, 0.25) is 0 Å². The fraction of sp³-hybridized carbons (Fsp3) is 0.636. The Bertz CT molecular complexity index is 359.